The quantitative estimate of drug-likeness (QED) is 0.527. The molecule has 1 fully saturated rings. The van der Waals surface area contributed by atoms with Crippen molar-refractivity contribution in [3.63, 3.8) is 0 Å². The summed E-state index contributed by atoms with van der Waals surface area (Å²) in [5.41, 5.74) is 3.47. The molecule has 2 aromatic carbocycles. The highest BCUT2D eigenvalue weighted by Crippen LogP contribution is 2.33. The Morgan fingerprint density at radius 1 is 1.17 bits per heavy atom. The summed E-state index contributed by atoms with van der Waals surface area (Å²) in [6.45, 7) is 3.00. The van der Waals surface area contributed by atoms with E-state index in [-0.39, 0.29) is 31.2 Å². The highest BCUT2D eigenvalue weighted by Gasteiger charge is 2.37. The first-order valence-electron chi connectivity index (χ1n) is 12.1. The number of carbonyl (C=O) groups excluding carboxylic acids is 3. The summed E-state index contributed by atoms with van der Waals surface area (Å²) in [5, 5.41) is 2.59. The van der Waals surface area contributed by atoms with Crippen LogP contribution in [0.3, 0.4) is 0 Å². The van der Waals surface area contributed by atoms with Crippen LogP contribution < -0.4 is 10.1 Å². The molecular formula is C27H32FN3O4. The van der Waals surface area contributed by atoms with Gasteiger partial charge >= 0.3 is 0 Å². The van der Waals surface area contributed by atoms with Crippen LogP contribution >= 0.6 is 0 Å². The van der Waals surface area contributed by atoms with Crippen molar-refractivity contribution in [3.05, 3.63) is 64.7 Å². The average molecular weight is 482 g/mol. The average Bonchev–Trinajstić information content (AvgIpc) is 3.21. The van der Waals surface area contributed by atoms with Gasteiger partial charge in [-0.15, -0.1) is 0 Å². The number of piperidine rings is 1. The molecule has 4 rings (SSSR count). The summed E-state index contributed by atoms with van der Waals surface area (Å²) < 4.78 is 19.4. The second-order valence-electron chi connectivity index (χ2n) is 9.15. The molecule has 2 heterocycles. The molecule has 8 heteroatoms. The first-order chi connectivity index (χ1) is 17.0. The number of ether oxygens (including phenoxy) is 1. The number of nitrogens with zero attached hydrogens (tertiary/aromatic N) is 2. The first-order valence-corrected chi connectivity index (χ1v) is 12.1. The number of hydrogen-bond acceptors (Lipinski definition) is 5. The number of rotatable bonds is 10. The van der Waals surface area contributed by atoms with Crippen molar-refractivity contribution in [2.45, 2.75) is 57.6 Å². The zero-order chi connectivity index (χ0) is 24.8. The van der Waals surface area contributed by atoms with E-state index in [9.17, 15) is 18.8 Å². The fourth-order valence-corrected chi connectivity index (χ4v) is 4.75. The van der Waals surface area contributed by atoms with Crippen molar-refractivity contribution < 1.29 is 23.5 Å². The molecule has 0 saturated carbocycles. The summed E-state index contributed by atoms with van der Waals surface area (Å²) in [7, 11) is 1.52. The summed E-state index contributed by atoms with van der Waals surface area (Å²) in [6.07, 6.45) is 1.78. The fraction of sp³-hybridized carbons (Fsp3) is 0.444. The summed E-state index contributed by atoms with van der Waals surface area (Å²) in [5.74, 6) is 0.0956. The number of carbonyl (C=O) groups is 3. The Kier molecular flexibility index (Phi) is 8.13. The lowest BCUT2D eigenvalue weighted by Crippen LogP contribution is -2.46. The summed E-state index contributed by atoms with van der Waals surface area (Å²) >= 11 is 0. The Balaban J connectivity index is 1.39. The monoisotopic (exact) mass is 481 g/mol. The van der Waals surface area contributed by atoms with Gasteiger partial charge in [-0.25, -0.2) is 4.39 Å². The third-order valence-electron chi connectivity index (χ3n) is 6.78. The van der Waals surface area contributed by atoms with Crippen LogP contribution in [0.15, 0.2) is 42.5 Å². The number of benzene rings is 2. The third-order valence-corrected chi connectivity index (χ3v) is 6.78. The number of amides is 2. The number of nitrogens with one attached hydrogen (secondary N) is 1. The number of fused-ring (bicyclic) bond motifs is 1. The van der Waals surface area contributed by atoms with E-state index in [4.69, 9.17) is 4.74 Å². The highest BCUT2D eigenvalue weighted by atomic mass is 19.1. The molecule has 0 aromatic heterocycles. The van der Waals surface area contributed by atoms with Crippen molar-refractivity contribution in [2.75, 3.05) is 20.1 Å². The Bertz CT molecular complexity index is 1050. The molecule has 1 atom stereocenters. The van der Waals surface area contributed by atoms with Gasteiger partial charge in [0, 0.05) is 44.2 Å². The van der Waals surface area contributed by atoms with Gasteiger partial charge < -0.3 is 19.7 Å². The van der Waals surface area contributed by atoms with Crippen LogP contribution in [0.2, 0.25) is 0 Å². The van der Waals surface area contributed by atoms with Gasteiger partial charge in [0.2, 0.25) is 5.91 Å². The first kappa shape index (κ1) is 24.9. The van der Waals surface area contributed by atoms with Crippen molar-refractivity contribution in [2.24, 2.45) is 0 Å². The predicted octanol–water partition coefficient (Wildman–Crippen LogP) is 3.25. The van der Waals surface area contributed by atoms with Crippen LogP contribution in [0.5, 0.6) is 5.75 Å². The largest absolute Gasteiger partial charge is 0.489 e. The van der Waals surface area contributed by atoms with Crippen molar-refractivity contribution in [1.82, 2.24) is 15.1 Å². The molecule has 0 bridgehead atoms. The van der Waals surface area contributed by atoms with E-state index in [0.717, 1.165) is 37.0 Å². The minimum Gasteiger partial charge on any atom is -0.489 e. The molecule has 0 radical (unpaired) electrons. The molecule has 1 saturated heterocycles. The van der Waals surface area contributed by atoms with Gasteiger partial charge in [0.1, 0.15) is 30.9 Å². The number of alkyl halides is 1. The molecule has 1 unspecified atom stereocenters. The maximum Gasteiger partial charge on any atom is 0.255 e. The number of aldehydes is 1. The van der Waals surface area contributed by atoms with Gasteiger partial charge in [-0.3, -0.25) is 14.5 Å². The Hall–Kier alpha value is -3.26. The molecule has 0 aliphatic carbocycles. The van der Waals surface area contributed by atoms with Crippen molar-refractivity contribution >= 4 is 18.1 Å². The van der Waals surface area contributed by atoms with Crippen LogP contribution in [0, 0.1) is 0 Å². The minimum absolute atomic E-state index is 0.200. The minimum atomic E-state index is -0.707. The number of halogens is 1. The van der Waals surface area contributed by atoms with E-state index in [1.54, 1.807) is 12.1 Å². The summed E-state index contributed by atoms with van der Waals surface area (Å²) in [6, 6.07) is 12.8. The SMILES string of the molecule is CNC(=O)C(CCC=O)N1Cc2c(OCc3ccc(CN4CCC(F)CC4)cc3)cccc2C1=O. The van der Waals surface area contributed by atoms with Gasteiger partial charge in [-0.05, 0) is 42.5 Å². The molecule has 2 aromatic rings. The number of likely N-dealkylation sites (tertiary alicyclic amines) is 1. The standard InChI is InChI=1S/C27H32FN3O4/c1-29-26(33)24(5-3-15-32)31-17-23-22(27(31)34)4-2-6-25(23)35-18-20-9-7-19(8-10-20)16-30-13-11-21(28)12-14-30/h2,4,6-10,15,21,24H,3,5,11-14,16-18H2,1H3,(H,29,33). The van der Waals surface area contributed by atoms with Gasteiger partial charge in [0.25, 0.3) is 5.91 Å². The molecular weight excluding hydrogens is 449 g/mol. The zero-order valence-corrected chi connectivity index (χ0v) is 20.0. The lowest BCUT2D eigenvalue weighted by atomic mass is 10.1. The van der Waals surface area contributed by atoms with Gasteiger partial charge in [-0.1, -0.05) is 30.3 Å². The summed E-state index contributed by atoms with van der Waals surface area (Å²) in [4.78, 5) is 40.1. The third kappa shape index (κ3) is 5.88. The van der Waals surface area contributed by atoms with Crippen molar-refractivity contribution in [1.29, 1.82) is 0 Å². The molecule has 7 nitrogen and oxygen atoms in total. The van der Waals surface area contributed by atoms with Gasteiger partial charge in [0.05, 0.1) is 6.54 Å². The van der Waals surface area contributed by atoms with Crippen LogP contribution in [0.1, 0.15) is 52.7 Å². The lowest BCUT2D eigenvalue weighted by Gasteiger charge is -2.28. The Morgan fingerprint density at radius 3 is 2.57 bits per heavy atom. The fourth-order valence-electron chi connectivity index (χ4n) is 4.75. The van der Waals surface area contributed by atoms with E-state index < -0.39 is 12.2 Å². The lowest BCUT2D eigenvalue weighted by molar-refractivity contribution is -0.125. The molecule has 2 aliphatic rings. The van der Waals surface area contributed by atoms with Crippen LogP contribution in [-0.4, -0.2) is 60.3 Å². The number of hydrogen-bond donors (Lipinski definition) is 1. The molecule has 0 spiro atoms. The van der Waals surface area contributed by atoms with Gasteiger partial charge in [-0.2, -0.15) is 0 Å². The maximum absolute atomic E-state index is 13.3. The highest BCUT2D eigenvalue weighted by molar-refractivity contribution is 6.01. The topological polar surface area (TPSA) is 79.0 Å². The second-order valence-corrected chi connectivity index (χ2v) is 9.15. The molecule has 2 amide bonds. The van der Waals surface area contributed by atoms with Gasteiger partial charge in [0.15, 0.2) is 0 Å². The second kappa shape index (κ2) is 11.4. The Morgan fingerprint density at radius 2 is 1.89 bits per heavy atom. The zero-order valence-electron chi connectivity index (χ0n) is 20.0. The van der Waals surface area contributed by atoms with Crippen LogP contribution in [0.25, 0.3) is 0 Å². The van der Waals surface area contributed by atoms with E-state index in [1.807, 2.05) is 18.2 Å². The number of likely N-dealkylation sites (N-methyl/N-ethyl adjacent to an activating group) is 1. The molecule has 2 aliphatic heterocycles. The molecule has 1 N–H and O–H groups in total. The van der Waals surface area contributed by atoms with E-state index >= 15 is 0 Å². The molecule has 35 heavy (non-hydrogen) atoms. The van der Waals surface area contributed by atoms with Crippen LogP contribution in [0.4, 0.5) is 4.39 Å². The van der Waals surface area contributed by atoms with Crippen molar-refractivity contribution in [3.8, 4) is 5.75 Å². The Labute approximate surface area is 205 Å². The van der Waals surface area contributed by atoms with E-state index in [1.165, 1.54) is 17.5 Å². The normalized spacial score (nSPS) is 17.2. The van der Waals surface area contributed by atoms with E-state index in [0.29, 0.717) is 30.8 Å². The van der Waals surface area contributed by atoms with Crippen LogP contribution in [-0.2, 0) is 29.3 Å². The van der Waals surface area contributed by atoms with E-state index in [2.05, 4.69) is 22.3 Å². The molecule has 186 valence electrons. The predicted molar refractivity (Wildman–Crippen MR) is 130 cm³/mol. The smallest absolute Gasteiger partial charge is 0.255 e. The maximum atomic E-state index is 13.3.